The number of hydrogen-bond acceptors (Lipinski definition) is 5. The van der Waals surface area contributed by atoms with E-state index in [4.69, 9.17) is 9.84 Å². The van der Waals surface area contributed by atoms with Crippen molar-refractivity contribution >= 4 is 40.5 Å². The quantitative estimate of drug-likeness (QED) is 0.183. The molecule has 22 heavy (non-hydrogen) atoms. The van der Waals surface area contributed by atoms with Crippen molar-refractivity contribution in [3.05, 3.63) is 38.5 Å². The summed E-state index contributed by atoms with van der Waals surface area (Å²) in [4.78, 5) is 15.5. The molecule has 0 bridgehead atoms. The van der Waals surface area contributed by atoms with Gasteiger partial charge in [0.15, 0.2) is 0 Å². The first-order chi connectivity index (χ1) is 10.4. The molecule has 0 saturated heterocycles. The van der Waals surface area contributed by atoms with E-state index < -0.39 is 23.4 Å². The number of halogens is 3. The predicted molar refractivity (Wildman–Crippen MR) is 85.7 cm³/mol. The highest BCUT2D eigenvalue weighted by molar-refractivity contribution is 14.1. The van der Waals surface area contributed by atoms with Crippen molar-refractivity contribution < 1.29 is 28.5 Å². The summed E-state index contributed by atoms with van der Waals surface area (Å²) in [5.74, 6) is -3.41. The van der Waals surface area contributed by atoms with Gasteiger partial charge in [-0.1, -0.05) is 0 Å². The van der Waals surface area contributed by atoms with Crippen molar-refractivity contribution in [3.8, 4) is 0 Å². The molecule has 1 aromatic carbocycles. The van der Waals surface area contributed by atoms with Gasteiger partial charge in [-0.2, -0.15) is 0 Å². The summed E-state index contributed by atoms with van der Waals surface area (Å²) in [7, 11) is 0. The molecule has 0 aliphatic carbocycles. The molecule has 0 aromatic heterocycles. The minimum Gasteiger partial charge on any atom is -0.506 e. The maximum Gasteiger partial charge on any atom is 0.343 e. The van der Waals surface area contributed by atoms with Gasteiger partial charge in [0.2, 0.25) is 0 Å². The smallest absolute Gasteiger partial charge is 0.343 e. The molecule has 8 heteroatoms. The number of esters is 1. The molecular formula is C14H14F2INO4. The van der Waals surface area contributed by atoms with Crippen LogP contribution in [0.2, 0.25) is 0 Å². The average molecular weight is 425 g/mol. The predicted octanol–water partition coefficient (Wildman–Crippen LogP) is 2.46. The number of carbonyl (C=O) groups excluding carboxylic acids is 1. The third-order valence-corrected chi connectivity index (χ3v) is 3.29. The van der Waals surface area contributed by atoms with Crippen molar-refractivity contribution in [2.45, 2.75) is 6.92 Å². The van der Waals surface area contributed by atoms with Gasteiger partial charge < -0.3 is 14.9 Å². The molecule has 1 rings (SSSR count). The highest BCUT2D eigenvalue weighted by Crippen LogP contribution is 2.24. The van der Waals surface area contributed by atoms with Crippen LogP contribution in [-0.4, -0.2) is 42.2 Å². The third kappa shape index (κ3) is 4.73. The summed E-state index contributed by atoms with van der Waals surface area (Å²) in [5, 5.41) is 18.8. The van der Waals surface area contributed by atoms with Crippen molar-refractivity contribution in [1.82, 2.24) is 0 Å². The van der Waals surface area contributed by atoms with Gasteiger partial charge in [0.25, 0.3) is 0 Å². The van der Waals surface area contributed by atoms with E-state index in [9.17, 15) is 18.7 Å². The molecule has 0 spiro atoms. The standard InChI is InChI=1S/C14H14F2INO4/c1-2-22-14(21)9(7-18-3-4-19)13(20)8-5-12(17)11(16)6-10(8)15/h5-7,19-20H,2-4H2,1H3/b13-9-,18-7?. The van der Waals surface area contributed by atoms with Gasteiger partial charge in [0.05, 0.1) is 25.3 Å². The van der Waals surface area contributed by atoms with E-state index in [1.165, 1.54) is 0 Å². The summed E-state index contributed by atoms with van der Waals surface area (Å²) in [5.41, 5.74) is -0.721. The van der Waals surface area contributed by atoms with Crippen LogP contribution in [0.3, 0.4) is 0 Å². The van der Waals surface area contributed by atoms with E-state index in [0.29, 0.717) is 6.07 Å². The van der Waals surface area contributed by atoms with Crippen molar-refractivity contribution in [2.24, 2.45) is 4.99 Å². The van der Waals surface area contributed by atoms with Crippen LogP contribution in [0.25, 0.3) is 5.76 Å². The first-order valence-corrected chi connectivity index (χ1v) is 7.36. The van der Waals surface area contributed by atoms with Crippen molar-refractivity contribution in [1.29, 1.82) is 0 Å². The Labute approximate surface area is 139 Å². The Balaban J connectivity index is 3.37. The highest BCUT2D eigenvalue weighted by atomic mass is 127. The Morgan fingerprint density at radius 3 is 2.68 bits per heavy atom. The fraction of sp³-hybridized carbons (Fsp3) is 0.286. The Morgan fingerprint density at radius 2 is 2.09 bits per heavy atom. The molecule has 0 amide bonds. The maximum absolute atomic E-state index is 13.8. The van der Waals surface area contributed by atoms with Crippen LogP contribution in [0.5, 0.6) is 0 Å². The lowest BCUT2D eigenvalue weighted by Crippen LogP contribution is -2.12. The number of benzene rings is 1. The Hall–Kier alpha value is -1.55. The number of rotatable bonds is 6. The second-order valence-electron chi connectivity index (χ2n) is 3.99. The number of aliphatic hydroxyl groups is 2. The zero-order valence-electron chi connectivity index (χ0n) is 11.6. The fourth-order valence-electron chi connectivity index (χ4n) is 1.48. The summed E-state index contributed by atoms with van der Waals surface area (Å²) in [6.45, 7) is 1.36. The first kappa shape index (κ1) is 18.5. The monoisotopic (exact) mass is 425 g/mol. The van der Waals surface area contributed by atoms with Crippen LogP contribution in [0.1, 0.15) is 12.5 Å². The molecule has 0 radical (unpaired) electrons. The molecule has 0 fully saturated rings. The second-order valence-corrected chi connectivity index (χ2v) is 5.15. The van der Waals surface area contributed by atoms with Crippen molar-refractivity contribution in [2.75, 3.05) is 19.8 Å². The number of aliphatic hydroxyl groups excluding tert-OH is 2. The third-order valence-electron chi connectivity index (χ3n) is 2.47. The molecule has 2 N–H and O–H groups in total. The van der Waals surface area contributed by atoms with Gasteiger partial charge in [-0.15, -0.1) is 0 Å². The SMILES string of the molecule is CCOC(=O)/C(C=NCCO)=C(\O)c1cc(I)c(F)cc1F. The number of aliphatic imine (C=N–C) groups is 1. The first-order valence-electron chi connectivity index (χ1n) is 6.28. The molecular weight excluding hydrogens is 411 g/mol. The maximum atomic E-state index is 13.8. The van der Waals surface area contributed by atoms with Gasteiger partial charge in [-0.3, -0.25) is 4.99 Å². The minimum absolute atomic E-state index is 0.000378. The molecule has 5 nitrogen and oxygen atoms in total. The molecule has 0 unspecified atom stereocenters. The van der Waals surface area contributed by atoms with Crippen LogP contribution < -0.4 is 0 Å². The number of nitrogens with zero attached hydrogens (tertiary/aromatic N) is 1. The summed E-state index contributed by atoms with van der Waals surface area (Å²) in [6.07, 6.45) is 0.985. The van der Waals surface area contributed by atoms with Gasteiger partial charge in [0.1, 0.15) is 23.0 Å². The molecule has 0 saturated carbocycles. The summed E-state index contributed by atoms with van der Waals surface area (Å²) >= 11 is 1.63. The Kier molecular flexibility index (Phi) is 7.39. The lowest BCUT2D eigenvalue weighted by Gasteiger charge is -2.08. The normalized spacial score (nSPS) is 12.4. The van der Waals surface area contributed by atoms with Crippen molar-refractivity contribution in [3.63, 3.8) is 0 Å². The molecule has 0 atom stereocenters. The van der Waals surface area contributed by atoms with E-state index in [0.717, 1.165) is 12.3 Å². The molecule has 0 heterocycles. The Bertz CT molecular complexity index is 617. The van der Waals surface area contributed by atoms with Gasteiger partial charge >= 0.3 is 5.97 Å². The fourth-order valence-corrected chi connectivity index (χ4v) is 1.95. The zero-order valence-corrected chi connectivity index (χ0v) is 13.8. The molecule has 120 valence electrons. The highest BCUT2D eigenvalue weighted by Gasteiger charge is 2.20. The van der Waals surface area contributed by atoms with Gasteiger partial charge in [-0.25, -0.2) is 13.6 Å². The van der Waals surface area contributed by atoms with Gasteiger partial charge in [0, 0.05) is 15.9 Å². The van der Waals surface area contributed by atoms with E-state index in [1.54, 1.807) is 29.5 Å². The van der Waals surface area contributed by atoms with Crippen LogP contribution >= 0.6 is 22.6 Å². The van der Waals surface area contributed by atoms with Crippen LogP contribution in [0, 0.1) is 15.2 Å². The van der Waals surface area contributed by atoms with E-state index in [2.05, 4.69) is 4.99 Å². The summed E-state index contributed by atoms with van der Waals surface area (Å²) in [6, 6.07) is 1.68. The largest absolute Gasteiger partial charge is 0.506 e. The Morgan fingerprint density at radius 1 is 1.41 bits per heavy atom. The number of carbonyl (C=O) groups is 1. The zero-order chi connectivity index (χ0) is 16.7. The van der Waals surface area contributed by atoms with Gasteiger partial charge in [-0.05, 0) is 35.6 Å². The number of ether oxygens (including phenoxy) is 1. The van der Waals surface area contributed by atoms with E-state index in [-0.39, 0.29) is 34.5 Å². The molecule has 0 aliphatic heterocycles. The van der Waals surface area contributed by atoms with Crippen LogP contribution in [-0.2, 0) is 9.53 Å². The summed E-state index contributed by atoms with van der Waals surface area (Å²) < 4.78 is 31.9. The lowest BCUT2D eigenvalue weighted by molar-refractivity contribution is -0.137. The second kappa shape index (κ2) is 8.79. The topological polar surface area (TPSA) is 79.1 Å². The molecule has 1 aromatic rings. The minimum atomic E-state index is -1.02. The average Bonchev–Trinajstić information content (AvgIpc) is 2.47. The van der Waals surface area contributed by atoms with Crippen LogP contribution in [0.4, 0.5) is 8.78 Å². The van der Waals surface area contributed by atoms with E-state index in [1.807, 2.05) is 0 Å². The lowest BCUT2D eigenvalue weighted by atomic mass is 10.1. The van der Waals surface area contributed by atoms with Crippen LogP contribution in [0.15, 0.2) is 22.7 Å². The van der Waals surface area contributed by atoms with E-state index >= 15 is 0 Å². The number of hydrogen-bond donors (Lipinski definition) is 2. The molecule has 0 aliphatic rings.